The van der Waals surface area contributed by atoms with Gasteiger partial charge in [-0.25, -0.2) is 0 Å². The topological polar surface area (TPSA) is 43.8 Å². The average Bonchev–Trinajstić information content (AvgIpc) is 2.23. The molecule has 1 saturated heterocycles. The van der Waals surface area contributed by atoms with Crippen molar-refractivity contribution in [2.45, 2.75) is 32.5 Å². The molecule has 4 nitrogen and oxygen atoms in total. The second-order valence-corrected chi connectivity index (χ2v) is 5.89. The van der Waals surface area contributed by atoms with Crippen molar-refractivity contribution < 1.29 is 23.1 Å². The van der Waals surface area contributed by atoms with Gasteiger partial charge in [0.25, 0.3) is 0 Å². The van der Waals surface area contributed by atoms with Gasteiger partial charge < -0.3 is 5.11 Å². The molecule has 0 amide bonds. The van der Waals surface area contributed by atoms with Gasteiger partial charge in [0, 0.05) is 38.3 Å². The molecule has 1 aliphatic rings. The molecule has 1 aliphatic heterocycles. The first kappa shape index (κ1) is 16.2. The second-order valence-electron chi connectivity index (χ2n) is 5.89. The van der Waals surface area contributed by atoms with E-state index in [1.165, 1.54) is 0 Å². The van der Waals surface area contributed by atoms with E-state index in [0.717, 1.165) is 0 Å². The number of hydrogen-bond donors (Lipinski definition) is 1. The lowest BCUT2D eigenvalue weighted by molar-refractivity contribution is -0.197. The highest BCUT2D eigenvalue weighted by Gasteiger charge is 2.46. The van der Waals surface area contributed by atoms with Crippen LogP contribution >= 0.6 is 0 Å². The molecule has 1 fully saturated rings. The first-order chi connectivity index (χ1) is 8.51. The van der Waals surface area contributed by atoms with Gasteiger partial charge >= 0.3 is 12.1 Å². The smallest absolute Gasteiger partial charge is 0.403 e. The molecule has 0 aromatic heterocycles. The van der Waals surface area contributed by atoms with Gasteiger partial charge in [0.2, 0.25) is 0 Å². The number of aliphatic carboxylic acids is 1. The summed E-state index contributed by atoms with van der Waals surface area (Å²) in [6.07, 6.45) is -4.69. The standard InChI is InChI=1S/C12H21F3N2O2/c1-11(2,3)17-6-4-16(5-7-17)8-9(10(18)19)12(13,14)15/h9H,4-8H2,1-3H3,(H,18,19). The van der Waals surface area contributed by atoms with Gasteiger partial charge in [0.1, 0.15) is 0 Å². The fourth-order valence-corrected chi connectivity index (χ4v) is 2.18. The van der Waals surface area contributed by atoms with Crippen LogP contribution in [-0.2, 0) is 4.79 Å². The molecule has 1 unspecified atom stereocenters. The molecule has 0 bridgehead atoms. The number of rotatable bonds is 3. The molecule has 1 N–H and O–H groups in total. The minimum Gasteiger partial charge on any atom is -0.481 e. The van der Waals surface area contributed by atoms with E-state index in [2.05, 4.69) is 25.7 Å². The van der Waals surface area contributed by atoms with Crippen LogP contribution in [0.5, 0.6) is 0 Å². The average molecular weight is 282 g/mol. The quantitative estimate of drug-likeness (QED) is 0.855. The van der Waals surface area contributed by atoms with Crippen molar-refractivity contribution in [2.24, 2.45) is 5.92 Å². The highest BCUT2D eigenvalue weighted by molar-refractivity contribution is 5.71. The number of alkyl halides is 3. The molecule has 1 atom stereocenters. The summed E-state index contributed by atoms with van der Waals surface area (Å²) in [6.45, 7) is 7.96. The van der Waals surface area contributed by atoms with Crippen molar-refractivity contribution in [3.63, 3.8) is 0 Å². The van der Waals surface area contributed by atoms with Crippen LogP contribution in [0.2, 0.25) is 0 Å². The molecule has 0 radical (unpaired) electrons. The molecule has 0 saturated carbocycles. The number of piperazine rings is 1. The van der Waals surface area contributed by atoms with Crippen LogP contribution in [0.25, 0.3) is 0 Å². The molecule has 1 heterocycles. The Labute approximate surface area is 111 Å². The first-order valence-electron chi connectivity index (χ1n) is 6.29. The zero-order chi connectivity index (χ0) is 14.8. The Kier molecular flexibility index (Phi) is 4.84. The van der Waals surface area contributed by atoms with Gasteiger partial charge in [-0.2, -0.15) is 13.2 Å². The molecular weight excluding hydrogens is 261 g/mol. The van der Waals surface area contributed by atoms with E-state index in [1.54, 1.807) is 4.90 Å². The lowest BCUT2D eigenvalue weighted by atomic mass is 10.0. The van der Waals surface area contributed by atoms with Crippen LogP contribution in [-0.4, -0.2) is 65.3 Å². The highest BCUT2D eigenvalue weighted by atomic mass is 19.4. The summed E-state index contributed by atoms with van der Waals surface area (Å²) < 4.78 is 37.7. The van der Waals surface area contributed by atoms with E-state index in [9.17, 15) is 18.0 Å². The maximum absolute atomic E-state index is 12.6. The number of hydrogen-bond acceptors (Lipinski definition) is 3. The van der Waals surface area contributed by atoms with E-state index < -0.39 is 24.6 Å². The fraction of sp³-hybridized carbons (Fsp3) is 0.917. The summed E-state index contributed by atoms with van der Waals surface area (Å²) in [7, 11) is 0. The molecule has 0 aromatic rings. The summed E-state index contributed by atoms with van der Waals surface area (Å²) in [6, 6.07) is 0. The summed E-state index contributed by atoms with van der Waals surface area (Å²) >= 11 is 0. The molecule has 0 aliphatic carbocycles. The zero-order valence-electron chi connectivity index (χ0n) is 11.5. The predicted octanol–water partition coefficient (Wildman–Crippen LogP) is 1.67. The van der Waals surface area contributed by atoms with Gasteiger partial charge in [-0.1, -0.05) is 0 Å². The van der Waals surface area contributed by atoms with Gasteiger partial charge in [-0.05, 0) is 20.8 Å². The Balaban J connectivity index is 2.54. The van der Waals surface area contributed by atoms with E-state index in [0.29, 0.717) is 26.2 Å². The van der Waals surface area contributed by atoms with E-state index in [-0.39, 0.29) is 5.54 Å². The van der Waals surface area contributed by atoms with E-state index in [4.69, 9.17) is 5.11 Å². The number of nitrogens with zero attached hydrogens (tertiary/aromatic N) is 2. The van der Waals surface area contributed by atoms with Crippen LogP contribution in [0.4, 0.5) is 13.2 Å². The summed E-state index contributed by atoms with van der Waals surface area (Å²) in [4.78, 5) is 14.5. The second kappa shape index (κ2) is 5.66. The lowest BCUT2D eigenvalue weighted by Gasteiger charge is -2.42. The monoisotopic (exact) mass is 282 g/mol. The Bertz CT molecular complexity index is 318. The fourth-order valence-electron chi connectivity index (χ4n) is 2.18. The van der Waals surface area contributed by atoms with Gasteiger partial charge in [0.15, 0.2) is 5.92 Å². The third kappa shape index (κ3) is 4.65. The SMILES string of the molecule is CC(C)(C)N1CCN(CC(C(=O)O)C(F)(F)F)CC1. The van der Waals surface area contributed by atoms with Crippen LogP contribution in [0.1, 0.15) is 20.8 Å². The Morgan fingerprint density at radius 2 is 1.63 bits per heavy atom. The summed E-state index contributed by atoms with van der Waals surface area (Å²) in [5.74, 6) is -4.10. The summed E-state index contributed by atoms with van der Waals surface area (Å²) in [5.41, 5.74) is -0.0116. The van der Waals surface area contributed by atoms with Crippen LogP contribution in [0, 0.1) is 5.92 Å². The third-order valence-electron chi connectivity index (χ3n) is 3.45. The van der Waals surface area contributed by atoms with Gasteiger partial charge in [-0.3, -0.25) is 14.6 Å². The zero-order valence-corrected chi connectivity index (χ0v) is 11.5. The predicted molar refractivity (Wildman–Crippen MR) is 64.9 cm³/mol. The largest absolute Gasteiger partial charge is 0.481 e. The van der Waals surface area contributed by atoms with Crippen molar-refractivity contribution in [1.29, 1.82) is 0 Å². The number of halogens is 3. The maximum atomic E-state index is 12.6. The van der Waals surface area contributed by atoms with Crippen molar-refractivity contribution in [2.75, 3.05) is 32.7 Å². The molecule has 1 rings (SSSR count). The third-order valence-corrected chi connectivity index (χ3v) is 3.45. The Morgan fingerprint density at radius 1 is 1.16 bits per heavy atom. The minimum absolute atomic E-state index is 0.0116. The Morgan fingerprint density at radius 3 is 1.95 bits per heavy atom. The number of carbonyl (C=O) groups is 1. The minimum atomic E-state index is -4.69. The summed E-state index contributed by atoms with van der Waals surface area (Å²) in [5, 5.41) is 8.66. The molecule has 0 aromatic carbocycles. The first-order valence-corrected chi connectivity index (χ1v) is 6.29. The van der Waals surface area contributed by atoms with Gasteiger partial charge in [-0.15, -0.1) is 0 Å². The molecule has 7 heteroatoms. The van der Waals surface area contributed by atoms with Crippen LogP contribution in [0.15, 0.2) is 0 Å². The molecule has 19 heavy (non-hydrogen) atoms. The Hall–Kier alpha value is -0.820. The molecule has 0 spiro atoms. The number of carboxylic acid groups (broad SMARTS) is 1. The van der Waals surface area contributed by atoms with Crippen molar-refractivity contribution in [1.82, 2.24) is 9.80 Å². The molecule has 112 valence electrons. The number of carboxylic acids is 1. The van der Waals surface area contributed by atoms with Crippen molar-refractivity contribution in [3.8, 4) is 0 Å². The highest BCUT2D eigenvalue weighted by Crippen LogP contribution is 2.28. The van der Waals surface area contributed by atoms with Crippen molar-refractivity contribution >= 4 is 5.97 Å². The maximum Gasteiger partial charge on any atom is 0.403 e. The van der Waals surface area contributed by atoms with Gasteiger partial charge in [0.05, 0.1) is 0 Å². The van der Waals surface area contributed by atoms with Crippen molar-refractivity contribution in [3.05, 3.63) is 0 Å². The van der Waals surface area contributed by atoms with E-state index >= 15 is 0 Å². The lowest BCUT2D eigenvalue weighted by Crippen LogP contribution is -2.55. The molecular formula is C12H21F3N2O2. The van der Waals surface area contributed by atoms with E-state index in [1.807, 2.05) is 0 Å². The normalized spacial score (nSPS) is 21.4. The van der Waals surface area contributed by atoms with Crippen LogP contribution in [0.3, 0.4) is 0 Å². The van der Waals surface area contributed by atoms with Crippen LogP contribution < -0.4 is 0 Å².